The zero-order chi connectivity index (χ0) is 24.6. The van der Waals surface area contributed by atoms with Crippen molar-refractivity contribution in [3.8, 4) is 16.8 Å². The third-order valence-electron chi connectivity index (χ3n) is 7.11. The number of hydrogen-bond acceptors (Lipinski definition) is 0. The van der Waals surface area contributed by atoms with E-state index in [-0.39, 0.29) is 0 Å². The molecule has 5 aromatic carbocycles. The lowest BCUT2D eigenvalue weighted by Gasteiger charge is -2.09. The van der Waals surface area contributed by atoms with E-state index in [0.717, 1.165) is 6.54 Å². The molecule has 7 aromatic rings. The molecule has 0 bridgehead atoms. The first kappa shape index (κ1) is 22.2. The van der Waals surface area contributed by atoms with Crippen LogP contribution in [0.15, 0.2) is 115 Å². The van der Waals surface area contributed by atoms with Crippen molar-refractivity contribution in [2.24, 2.45) is 0 Å². The molecule has 0 aliphatic carbocycles. The number of benzene rings is 5. The van der Waals surface area contributed by atoms with Crippen LogP contribution >= 0.6 is 0 Å². The van der Waals surface area contributed by atoms with E-state index in [1.54, 1.807) is 0 Å². The Morgan fingerprint density at radius 2 is 1.03 bits per heavy atom. The highest BCUT2D eigenvalue weighted by atomic mass is 15.0. The highest BCUT2D eigenvalue weighted by Gasteiger charge is 2.14. The zero-order valence-corrected chi connectivity index (χ0v) is 21.1. The Morgan fingerprint density at radius 1 is 0.472 bits per heavy atom. The monoisotopic (exact) mass is 466 g/mol. The molecule has 0 unspecified atom stereocenters. The molecule has 2 nitrogen and oxygen atoms in total. The minimum absolute atomic E-state index is 0.965. The number of para-hydroxylation sites is 3. The van der Waals surface area contributed by atoms with Crippen LogP contribution < -0.4 is 0 Å². The van der Waals surface area contributed by atoms with Gasteiger partial charge in [-0.1, -0.05) is 86.6 Å². The van der Waals surface area contributed by atoms with Gasteiger partial charge in [0.2, 0.25) is 0 Å². The maximum Gasteiger partial charge on any atom is 0.0547 e. The smallest absolute Gasteiger partial charge is 0.0547 e. The van der Waals surface area contributed by atoms with Crippen LogP contribution in [-0.4, -0.2) is 9.13 Å². The molecule has 36 heavy (non-hydrogen) atoms. The molecule has 7 rings (SSSR count). The van der Waals surface area contributed by atoms with Crippen LogP contribution in [0.25, 0.3) is 60.4 Å². The van der Waals surface area contributed by atoms with Crippen molar-refractivity contribution in [2.45, 2.75) is 27.3 Å². The first-order valence-corrected chi connectivity index (χ1v) is 12.9. The van der Waals surface area contributed by atoms with Gasteiger partial charge in [0.1, 0.15) is 0 Å². The van der Waals surface area contributed by atoms with Crippen molar-refractivity contribution in [2.75, 3.05) is 0 Å². The first-order valence-electron chi connectivity index (χ1n) is 12.9. The van der Waals surface area contributed by atoms with E-state index in [2.05, 4.69) is 131 Å². The Hall–Kier alpha value is -4.30. The van der Waals surface area contributed by atoms with Gasteiger partial charge in [-0.2, -0.15) is 0 Å². The Kier molecular flexibility index (Phi) is 5.58. The Bertz CT molecular complexity index is 1830. The molecule has 0 amide bonds. The van der Waals surface area contributed by atoms with Crippen LogP contribution in [0.5, 0.6) is 0 Å². The highest BCUT2D eigenvalue weighted by molar-refractivity contribution is 6.11. The molecule has 0 aliphatic rings. The van der Waals surface area contributed by atoms with Gasteiger partial charge in [0.25, 0.3) is 0 Å². The standard InChI is InChI=1S/C32H24N2.C2H6/c1-2-33-29-14-8-6-13-26(29)28-20-22(17-19-30(28)33)23-16-18-27-25-12-7-9-15-31(25)34(32(27)21-23)24-10-4-3-5-11-24;1-2/h3-21H,2H2,1H3;1-2H3. The minimum atomic E-state index is 0.965. The summed E-state index contributed by atoms with van der Waals surface area (Å²) in [6.07, 6.45) is 0. The summed E-state index contributed by atoms with van der Waals surface area (Å²) in [4.78, 5) is 0. The summed E-state index contributed by atoms with van der Waals surface area (Å²) in [7, 11) is 0. The van der Waals surface area contributed by atoms with E-state index in [4.69, 9.17) is 0 Å². The van der Waals surface area contributed by atoms with Gasteiger partial charge in [0.15, 0.2) is 0 Å². The minimum Gasteiger partial charge on any atom is -0.341 e. The summed E-state index contributed by atoms with van der Waals surface area (Å²) in [5.74, 6) is 0. The molecule has 0 atom stereocenters. The molecule has 2 heterocycles. The molecule has 0 radical (unpaired) electrons. The molecule has 176 valence electrons. The highest BCUT2D eigenvalue weighted by Crippen LogP contribution is 2.37. The molecule has 0 spiro atoms. The predicted molar refractivity (Wildman–Crippen MR) is 156 cm³/mol. The lowest BCUT2D eigenvalue weighted by molar-refractivity contribution is 0.827. The third-order valence-corrected chi connectivity index (χ3v) is 7.11. The number of aromatic nitrogens is 2. The van der Waals surface area contributed by atoms with E-state index in [1.807, 2.05) is 13.8 Å². The quantitative estimate of drug-likeness (QED) is 0.245. The number of hydrogen-bond donors (Lipinski definition) is 0. The molecule has 0 saturated carbocycles. The number of nitrogens with zero attached hydrogens (tertiary/aromatic N) is 2. The van der Waals surface area contributed by atoms with E-state index >= 15 is 0 Å². The van der Waals surface area contributed by atoms with Crippen molar-refractivity contribution in [1.29, 1.82) is 0 Å². The maximum absolute atomic E-state index is 2.41. The Labute approximate surface area is 212 Å². The van der Waals surface area contributed by atoms with Gasteiger partial charge in [0.05, 0.1) is 11.0 Å². The van der Waals surface area contributed by atoms with Crippen molar-refractivity contribution < 1.29 is 0 Å². The maximum atomic E-state index is 2.41. The second-order valence-electron chi connectivity index (χ2n) is 8.91. The lowest BCUT2D eigenvalue weighted by atomic mass is 10.0. The van der Waals surface area contributed by atoms with E-state index < -0.39 is 0 Å². The van der Waals surface area contributed by atoms with Crippen LogP contribution in [0.2, 0.25) is 0 Å². The van der Waals surface area contributed by atoms with Gasteiger partial charge in [-0.3, -0.25) is 0 Å². The molecule has 0 aliphatic heterocycles. The van der Waals surface area contributed by atoms with Crippen LogP contribution in [-0.2, 0) is 6.54 Å². The third kappa shape index (κ3) is 3.33. The normalized spacial score (nSPS) is 11.3. The topological polar surface area (TPSA) is 9.86 Å². The number of rotatable bonds is 3. The van der Waals surface area contributed by atoms with Crippen molar-refractivity contribution in [1.82, 2.24) is 9.13 Å². The lowest BCUT2D eigenvalue weighted by Crippen LogP contribution is -1.93. The summed E-state index contributed by atoms with van der Waals surface area (Å²) >= 11 is 0. The van der Waals surface area contributed by atoms with Crippen LogP contribution in [0.4, 0.5) is 0 Å². The SMILES string of the molecule is CC.CCn1c2ccccc2c2cc(-c3ccc4c5ccccc5n(-c5ccccc5)c4c3)ccc21. The largest absolute Gasteiger partial charge is 0.341 e. The predicted octanol–water partition coefficient (Wildman–Crippen LogP) is 9.60. The van der Waals surface area contributed by atoms with E-state index in [9.17, 15) is 0 Å². The Morgan fingerprint density at radius 3 is 1.78 bits per heavy atom. The van der Waals surface area contributed by atoms with Gasteiger partial charge in [-0.25, -0.2) is 0 Å². The first-order chi connectivity index (χ1) is 17.8. The summed E-state index contributed by atoms with van der Waals surface area (Å²) in [5.41, 5.74) is 8.75. The Balaban J connectivity index is 0.00000117. The van der Waals surface area contributed by atoms with Crippen LogP contribution in [0, 0.1) is 0 Å². The van der Waals surface area contributed by atoms with Crippen molar-refractivity contribution in [3.63, 3.8) is 0 Å². The molecule has 2 heteroatoms. The van der Waals surface area contributed by atoms with Gasteiger partial charge in [-0.05, 0) is 60.5 Å². The zero-order valence-electron chi connectivity index (χ0n) is 21.1. The molecule has 2 aromatic heterocycles. The summed E-state index contributed by atoms with van der Waals surface area (Å²) in [6.45, 7) is 7.18. The van der Waals surface area contributed by atoms with Crippen LogP contribution in [0.1, 0.15) is 20.8 Å². The average molecular weight is 467 g/mol. The molecular weight excluding hydrogens is 436 g/mol. The fourth-order valence-corrected chi connectivity index (χ4v) is 5.58. The van der Waals surface area contributed by atoms with Gasteiger partial charge in [-0.15, -0.1) is 0 Å². The summed E-state index contributed by atoms with van der Waals surface area (Å²) in [5, 5.41) is 5.21. The van der Waals surface area contributed by atoms with Gasteiger partial charge >= 0.3 is 0 Å². The second kappa shape index (κ2) is 9.05. The van der Waals surface area contributed by atoms with Crippen molar-refractivity contribution in [3.05, 3.63) is 115 Å². The van der Waals surface area contributed by atoms with E-state index in [1.165, 1.54) is 60.4 Å². The van der Waals surface area contributed by atoms with Crippen molar-refractivity contribution >= 4 is 43.6 Å². The fourth-order valence-electron chi connectivity index (χ4n) is 5.58. The molecule has 0 fully saturated rings. The molecule has 0 saturated heterocycles. The molecule has 0 N–H and O–H groups in total. The number of fused-ring (bicyclic) bond motifs is 6. The van der Waals surface area contributed by atoms with Gasteiger partial charge < -0.3 is 9.13 Å². The number of aryl methyl sites for hydroxylation is 1. The average Bonchev–Trinajstić information content (AvgIpc) is 3.46. The van der Waals surface area contributed by atoms with E-state index in [0.29, 0.717) is 0 Å². The fraction of sp³-hybridized carbons (Fsp3) is 0.118. The second-order valence-corrected chi connectivity index (χ2v) is 8.91. The van der Waals surface area contributed by atoms with Gasteiger partial charge in [0, 0.05) is 44.8 Å². The molecular formula is C34H30N2. The summed E-state index contributed by atoms with van der Waals surface area (Å²) < 4.78 is 4.79. The summed E-state index contributed by atoms with van der Waals surface area (Å²) in [6, 6.07) is 41.9. The van der Waals surface area contributed by atoms with Crippen LogP contribution in [0.3, 0.4) is 0 Å².